The highest BCUT2D eigenvalue weighted by molar-refractivity contribution is 5.93. The fourth-order valence-electron chi connectivity index (χ4n) is 1.77. The molecule has 0 aliphatic carbocycles. The van der Waals surface area contributed by atoms with Gasteiger partial charge < -0.3 is 9.52 Å². The summed E-state index contributed by atoms with van der Waals surface area (Å²) >= 11 is 0. The highest BCUT2D eigenvalue weighted by Gasteiger charge is 2.17. The highest BCUT2D eigenvalue weighted by atomic mass is 16.4. The molecule has 0 spiro atoms. The van der Waals surface area contributed by atoms with Crippen LogP contribution in [0.15, 0.2) is 22.6 Å². The second-order valence-corrected chi connectivity index (χ2v) is 3.74. The SMILES string of the molecule is Cc1nc2ccc(-c3n[nH]nc3C(=O)O)cc2o1. The molecule has 0 aliphatic heterocycles. The van der Waals surface area contributed by atoms with Crippen molar-refractivity contribution in [2.75, 3.05) is 0 Å². The number of hydrogen-bond acceptors (Lipinski definition) is 5. The van der Waals surface area contributed by atoms with E-state index >= 15 is 0 Å². The van der Waals surface area contributed by atoms with Gasteiger partial charge >= 0.3 is 5.97 Å². The van der Waals surface area contributed by atoms with Crippen molar-refractivity contribution < 1.29 is 14.3 Å². The number of oxazole rings is 1. The zero-order valence-electron chi connectivity index (χ0n) is 9.34. The predicted octanol–water partition coefficient (Wildman–Crippen LogP) is 1.62. The molecule has 0 bridgehead atoms. The van der Waals surface area contributed by atoms with E-state index in [0.717, 1.165) is 5.52 Å². The zero-order valence-corrected chi connectivity index (χ0v) is 9.34. The molecule has 3 aromatic rings. The van der Waals surface area contributed by atoms with Crippen molar-refractivity contribution >= 4 is 17.1 Å². The number of hydrogen-bond donors (Lipinski definition) is 2. The van der Waals surface area contributed by atoms with Crippen LogP contribution in [0.2, 0.25) is 0 Å². The van der Waals surface area contributed by atoms with E-state index in [9.17, 15) is 4.79 Å². The Hall–Kier alpha value is -2.70. The van der Waals surface area contributed by atoms with Crippen molar-refractivity contribution in [3.63, 3.8) is 0 Å². The molecule has 0 saturated heterocycles. The van der Waals surface area contributed by atoms with Gasteiger partial charge in [0.05, 0.1) is 0 Å². The van der Waals surface area contributed by atoms with Gasteiger partial charge in [-0.25, -0.2) is 9.78 Å². The van der Waals surface area contributed by atoms with Gasteiger partial charge in [-0.1, -0.05) is 6.07 Å². The number of carboxylic acid groups (broad SMARTS) is 1. The number of carbonyl (C=O) groups is 1. The molecule has 0 atom stereocenters. The number of aromatic nitrogens is 4. The van der Waals surface area contributed by atoms with E-state index in [0.29, 0.717) is 17.0 Å². The highest BCUT2D eigenvalue weighted by Crippen LogP contribution is 2.24. The van der Waals surface area contributed by atoms with E-state index in [4.69, 9.17) is 9.52 Å². The number of H-pyrrole nitrogens is 1. The molecule has 18 heavy (non-hydrogen) atoms. The minimum atomic E-state index is -1.13. The van der Waals surface area contributed by atoms with Crippen LogP contribution in [0, 0.1) is 6.92 Å². The molecule has 0 unspecified atom stereocenters. The van der Waals surface area contributed by atoms with Crippen molar-refractivity contribution in [1.29, 1.82) is 0 Å². The van der Waals surface area contributed by atoms with E-state index in [1.807, 2.05) is 0 Å². The summed E-state index contributed by atoms with van der Waals surface area (Å²) in [4.78, 5) is 15.1. The molecular weight excluding hydrogens is 236 g/mol. The van der Waals surface area contributed by atoms with Crippen molar-refractivity contribution in [3.8, 4) is 11.3 Å². The number of aryl methyl sites for hydroxylation is 1. The van der Waals surface area contributed by atoms with Crippen molar-refractivity contribution in [1.82, 2.24) is 20.4 Å². The summed E-state index contributed by atoms with van der Waals surface area (Å²) in [7, 11) is 0. The van der Waals surface area contributed by atoms with Crippen LogP contribution in [-0.2, 0) is 0 Å². The maximum absolute atomic E-state index is 11.0. The number of aromatic amines is 1. The lowest BCUT2D eigenvalue weighted by atomic mass is 10.1. The van der Waals surface area contributed by atoms with Gasteiger partial charge in [-0.2, -0.15) is 10.3 Å². The Morgan fingerprint density at radius 3 is 3.00 bits per heavy atom. The van der Waals surface area contributed by atoms with E-state index in [-0.39, 0.29) is 11.4 Å². The van der Waals surface area contributed by atoms with Crippen LogP contribution in [0.25, 0.3) is 22.4 Å². The molecule has 0 amide bonds. The molecule has 1 aromatic carbocycles. The van der Waals surface area contributed by atoms with Gasteiger partial charge in [0.25, 0.3) is 0 Å². The van der Waals surface area contributed by atoms with Gasteiger partial charge in [-0.05, 0) is 12.1 Å². The van der Waals surface area contributed by atoms with Crippen molar-refractivity contribution in [2.24, 2.45) is 0 Å². The number of aromatic carboxylic acids is 1. The maximum Gasteiger partial charge on any atom is 0.358 e. The summed E-state index contributed by atoms with van der Waals surface area (Å²) in [6, 6.07) is 5.18. The van der Waals surface area contributed by atoms with Crippen molar-refractivity contribution in [2.45, 2.75) is 6.92 Å². The molecule has 0 fully saturated rings. The third kappa shape index (κ3) is 1.53. The molecule has 2 aromatic heterocycles. The normalized spacial score (nSPS) is 10.9. The number of nitrogens with one attached hydrogen (secondary N) is 1. The third-order valence-electron chi connectivity index (χ3n) is 2.52. The zero-order chi connectivity index (χ0) is 12.7. The summed E-state index contributed by atoms with van der Waals surface area (Å²) in [6.45, 7) is 1.75. The Morgan fingerprint density at radius 1 is 1.39 bits per heavy atom. The number of nitrogens with zero attached hydrogens (tertiary/aromatic N) is 3. The predicted molar refractivity (Wildman–Crippen MR) is 61.1 cm³/mol. The molecule has 7 heteroatoms. The summed E-state index contributed by atoms with van der Waals surface area (Å²) in [5.74, 6) is -0.576. The average molecular weight is 244 g/mol. The van der Waals surface area contributed by atoms with Crippen LogP contribution >= 0.6 is 0 Å². The van der Waals surface area contributed by atoms with Crippen molar-refractivity contribution in [3.05, 3.63) is 29.8 Å². The first kappa shape index (κ1) is 10.5. The Morgan fingerprint density at radius 2 is 2.22 bits per heavy atom. The first-order valence-corrected chi connectivity index (χ1v) is 5.17. The lowest BCUT2D eigenvalue weighted by Gasteiger charge is -1.96. The van der Waals surface area contributed by atoms with Gasteiger partial charge in [-0.15, -0.1) is 5.10 Å². The molecule has 3 rings (SSSR count). The summed E-state index contributed by atoms with van der Waals surface area (Å²) in [5.41, 5.74) is 2.08. The number of fused-ring (bicyclic) bond motifs is 1. The fraction of sp³-hybridized carbons (Fsp3) is 0.0909. The third-order valence-corrected chi connectivity index (χ3v) is 2.52. The summed E-state index contributed by atoms with van der Waals surface area (Å²) < 4.78 is 5.39. The van der Waals surface area contributed by atoms with Crippen LogP contribution in [0.3, 0.4) is 0 Å². The van der Waals surface area contributed by atoms with Crippen LogP contribution in [0.5, 0.6) is 0 Å². The first-order chi connectivity index (χ1) is 8.65. The van der Waals surface area contributed by atoms with E-state index in [1.165, 1.54) is 0 Å². The molecule has 0 aliphatic rings. The minimum Gasteiger partial charge on any atom is -0.476 e. The standard InChI is InChI=1S/C11H8N4O3/c1-5-12-7-3-2-6(4-8(7)18-5)9-10(11(16)17)14-15-13-9/h2-4H,1H3,(H,16,17)(H,13,14,15). The fourth-order valence-corrected chi connectivity index (χ4v) is 1.77. The monoisotopic (exact) mass is 244 g/mol. The summed E-state index contributed by atoms with van der Waals surface area (Å²) in [6.07, 6.45) is 0. The van der Waals surface area contributed by atoms with E-state index in [2.05, 4.69) is 20.4 Å². The second kappa shape index (κ2) is 3.66. The molecule has 0 saturated carbocycles. The summed E-state index contributed by atoms with van der Waals surface area (Å²) in [5, 5.41) is 18.7. The van der Waals surface area contributed by atoms with E-state index < -0.39 is 5.97 Å². The first-order valence-electron chi connectivity index (χ1n) is 5.17. The molecule has 2 N–H and O–H groups in total. The second-order valence-electron chi connectivity index (χ2n) is 3.74. The lowest BCUT2D eigenvalue weighted by molar-refractivity contribution is 0.0691. The Kier molecular flexibility index (Phi) is 2.12. The van der Waals surface area contributed by atoms with Crippen LogP contribution in [-0.4, -0.2) is 31.5 Å². The lowest BCUT2D eigenvalue weighted by Crippen LogP contribution is -1.99. The molecule has 90 valence electrons. The number of benzene rings is 1. The van der Waals surface area contributed by atoms with Gasteiger partial charge in [0.1, 0.15) is 11.2 Å². The Bertz CT molecular complexity index is 744. The van der Waals surface area contributed by atoms with Crippen LogP contribution in [0.4, 0.5) is 0 Å². The van der Waals surface area contributed by atoms with Crippen LogP contribution in [0.1, 0.15) is 16.4 Å². The maximum atomic E-state index is 11.0. The Labute approximate surface area is 100 Å². The quantitative estimate of drug-likeness (QED) is 0.709. The smallest absolute Gasteiger partial charge is 0.358 e. The minimum absolute atomic E-state index is 0.120. The van der Waals surface area contributed by atoms with Gasteiger partial charge in [-0.3, -0.25) is 0 Å². The molecule has 2 heterocycles. The van der Waals surface area contributed by atoms with Gasteiger partial charge in [0.2, 0.25) is 0 Å². The largest absolute Gasteiger partial charge is 0.476 e. The van der Waals surface area contributed by atoms with Gasteiger partial charge in [0, 0.05) is 12.5 Å². The van der Waals surface area contributed by atoms with Gasteiger partial charge in [0.15, 0.2) is 17.2 Å². The van der Waals surface area contributed by atoms with Crippen LogP contribution < -0.4 is 0 Å². The molecule has 7 nitrogen and oxygen atoms in total. The topological polar surface area (TPSA) is 105 Å². The molecular formula is C11H8N4O3. The Balaban J connectivity index is 2.18. The molecule has 0 radical (unpaired) electrons. The average Bonchev–Trinajstić information content (AvgIpc) is 2.91. The number of rotatable bonds is 2. The van der Waals surface area contributed by atoms with E-state index in [1.54, 1.807) is 25.1 Å². The number of carboxylic acids is 1.